The quantitative estimate of drug-likeness (QED) is 0.0887. The second-order valence-electron chi connectivity index (χ2n) is 17.9. The van der Waals surface area contributed by atoms with E-state index in [9.17, 15) is 22.8 Å². The maximum Gasteiger partial charge on any atom is 0.262 e. The van der Waals surface area contributed by atoms with E-state index in [1.165, 1.54) is 41.3 Å². The number of nitrogens with one attached hydrogen (secondary N) is 3. The average Bonchev–Trinajstić information content (AvgIpc) is 3.87. The Morgan fingerprint density at radius 1 is 0.822 bits per heavy atom. The third kappa shape index (κ3) is 12.0. The summed E-state index contributed by atoms with van der Waals surface area (Å²) in [6.45, 7) is 20.7. The van der Waals surface area contributed by atoms with Gasteiger partial charge in [0.1, 0.15) is 35.1 Å². The van der Waals surface area contributed by atoms with Crippen LogP contribution in [0.3, 0.4) is 0 Å². The smallest absolute Gasteiger partial charge is 0.262 e. The topological polar surface area (TPSA) is 163 Å². The van der Waals surface area contributed by atoms with Crippen LogP contribution in [0.5, 0.6) is 0 Å². The largest absolute Gasteiger partial charge is 0.383 e. The molecule has 2 aliphatic rings. The molecule has 12 nitrogen and oxygen atoms in total. The SMILES string of the molecule is C=C1C=NC(NCc2ccc(-c3ccc4ncnc(N)c4c3)s2)=C2C(=O)N(C(C)c3ccc(F)c(F)c3)C=NC12C.CC.Cc1cnc(NCc2ccc(C(C)C)cc2)c(C(=O)NC(C)c2ccc(F)cc2)c1. The first-order chi connectivity index (χ1) is 35.0. The fraction of sp³-hybridized carbons (Fsp3) is 0.246. The van der Waals surface area contributed by atoms with Gasteiger partial charge in [0.15, 0.2) is 11.6 Å². The van der Waals surface area contributed by atoms with Crippen LogP contribution < -0.4 is 21.7 Å². The van der Waals surface area contributed by atoms with E-state index < -0.39 is 23.2 Å². The zero-order valence-electron chi connectivity index (χ0n) is 42.1. The first kappa shape index (κ1) is 52.8. The molecule has 2 amide bonds. The molecule has 0 bridgehead atoms. The second-order valence-corrected chi connectivity index (χ2v) is 19.1. The number of aryl methyl sites for hydroxylation is 1. The molecule has 0 spiro atoms. The summed E-state index contributed by atoms with van der Waals surface area (Å²) >= 11 is 1.60. The Bertz CT molecular complexity index is 3240. The number of anilines is 2. The third-order valence-corrected chi connectivity index (χ3v) is 13.7. The molecular formula is C57H59F3N10O2S. The normalized spacial score (nSPS) is 15.8. The maximum atomic E-state index is 13.9. The lowest BCUT2D eigenvalue weighted by atomic mass is 9.81. The lowest BCUT2D eigenvalue weighted by Gasteiger charge is -2.40. The number of amides is 2. The molecule has 9 rings (SSSR count). The van der Waals surface area contributed by atoms with Gasteiger partial charge in [-0.25, -0.2) is 33.1 Å². The van der Waals surface area contributed by atoms with Crippen LogP contribution in [-0.2, 0) is 17.9 Å². The van der Waals surface area contributed by atoms with Gasteiger partial charge in [-0.15, -0.1) is 11.3 Å². The summed E-state index contributed by atoms with van der Waals surface area (Å²) in [5.41, 5.74) is 12.8. The zero-order chi connectivity index (χ0) is 52.6. The highest BCUT2D eigenvalue weighted by molar-refractivity contribution is 7.15. The van der Waals surface area contributed by atoms with Crippen molar-refractivity contribution in [2.24, 2.45) is 9.98 Å². The Kier molecular flexibility index (Phi) is 16.7. The first-order valence-electron chi connectivity index (χ1n) is 24.0. The molecule has 0 saturated heterocycles. The summed E-state index contributed by atoms with van der Waals surface area (Å²) in [4.78, 5) is 52.2. The minimum atomic E-state index is -1.01. The van der Waals surface area contributed by atoms with E-state index in [0.29, 0.717) is 58.7 Å². The Labute approximate surface area is 428 Å². The van der Waals surface area contributed by atoms with Crippen molar-refractivity contribution in [3.8, 4) is 10.4 Å². The van der Waals surface area contributed by atoms with Crippen molar-refractivity contribution in [3.63, 3.8) is 0 Å². The number of rotatable bonds is 13. The summed E-state index contributed by atoms with van der Waals surface area (Å²) in [6.07, 6.45) is 6.23. The first-order valence-corrected chi connectivity index (χ1v) is 24.8. The molecule has 16 heteroatoms. The van der Waals surface area contributed by atoms with Crippen LogP contribution in [0.1, 0.15) is 110 Å². The Balaban J connectivity index is 0.000000217. The van der Waals surface area contributed by atoms with Crippen LogP contribution in [0.2, 0.25) is 0 Å². The number of carbonyl (C=O) groups is 2. The van der Waals surface area contributed by atoms with Gasteiger partial charge in [-0.1, -0.05) is 82.8 Å². The predicted octanol–water partition coefficient (Wildman–Crippen LogP) is 12.3. The standard InChI is InChI=1S/C30H25F2N7OS.C25H28FN3O.C2H6/c1-16-12-34-28(26-29(40)39(15-38-30(16,26)3)17(2)18-4-7-22(31)23(32)11-18)35-13-20-6-9-25(41-20)19-5-8-24-21(10-19)27(33)37-14-36-24;1-16(2)20-7-5-19(6-8-20)15-28-24-23(13-17(3)14-27-24)25(30)29-18(4)21-9-11-22(26)12-10-21;1-2/h4-12,14-15,17,35H,1,13H2,2-3H3,(H2,33,36,37);5-14,16,18H,15H2,1-4H3,(H,27,28)(H,29,30);1-2H3. The minimum absolute atomic E-state index is 0.222. The van der Waals surface area contributed by atoms with Gasteiger partial charge in [-0.3, -0.25) is 19.5 Å². The van der Waals surface area contributed by atoms with Crippen LogP contribution in [0.15, 0.2) is 149 Å². The number of hydrogen-bond acceptors (Lipinski definition) is 11. The lowest BCUT2D eigenvalue weighted by molar-refractivity contribution is -0.125. The maximum absolute atomic E-state index is 13.9. The zero-order valence-corrected chi connectivity index (χ0v) is 42.9. The van der Waals surface area contributed by atoms with Crippen LogP contribution in [0, 0.1) is 24.4 Å². The molecule has 3 atom stereocenters. The number of aromatic nitrogens is 3. The Morgan fingerprint density at radius 2 is 1.53 bits per heavy atom. The van der Waals surface area contributed by atoms with E-state index in [1.54, 1.807) is 42.8 Å². The highest BCUT2D eigenvalue weighted by Gasteiger charge is 2.45. The number of halogens is 3. The van der Waals surface area contributed by atoms with Gasteiger partial charge < -0.3 is 21.7 Å². The number of nitrogens with zero attached hydrogens (tertiary/aromatic N) is 6. The number of benzene rings is 4. The summed E-state index contributed by atoms with van der Waals surface area (Å²) in [5, 5.41) is 10.4. The number of pyridine rings is 1. The molecule has 4 aromatic carbocycles. The molecule has 376 valence electrons. The third-order valence-electron chi connectivity index (χ3n) is 12.6. The van der Waals surface area contributed by atoms with Crippen LogP contribution >= 0.6 is 11.3 Å². The van der Waals surface area contributed by atoms with Crippen molar-refractivity contribution in [2.45, 2.75) is 92.0 Å². The monoisotopic (exact) mass is 1000 g/mol. The second kappa shape index (κ2) is 23.1. The molecule has 0 fully saturated rings. The van der Waals surface area contributed by atoms with Crippen molar-refractivity contribution < 1.29 is 22.8 Å². The molecule has 3 unspecified atom stereocenters. The number of nitrogens with two attached hydrogens (primary N) is 1. The Morgan fingerprint density at radius 3 is 2.25 bits per heavy atom. The van der Waals surface area contributed by atoms with Crippen molar-refractivity contribution in [3.05, 3.63) is 195 Å². The van der Waals surface area contributed by atoms with Crippen LogP contribution in [0.4, 0.5) is 24.8 Å². The molecular weight excluding hydrogens is 946 g/mol. The fourth-order valence-electron chi connectivity index (χ4n) is 8.11. The summed E-state index contributed by atoms with van der Waals surface area (Å²) in [6, 6.07) is 29.1. The molecule has 73 heavy (non-hydrogen) atoms. The van der Waals surface area contributed by atoms with Gasteiger partial charge in [0.25, 0.3) is 11.8 Å². The van der Waals surface area contributed by atoms with Gasteiger partial charge in [0, 0.05) is 34.1 Å². The van der Waals surface area contributed by atoms with Gasteiger partial charge in [0.2, 0.25) is 0 Å². The molecule has 2 aliphatic heterocycles. The molecule has 5 heterocycles. The van der Waals surface area contributed by atoms with Crippen LogP contribution in [-0.4, -0.2) is 49.8 Å². The molecule has 3 aromatic heterocycles. The van der Waals surface area contributed by atoms with E-state index in [4.69, 9.17) is 5.73 Å². The van der Waals surface area contributed by atoms with E-state index in [-0.39, 0.29) is 23.7 Å². The van der Waals surface area contributed by atoms with Crippen LogP contribution in [0.25, 0.3) is 21.3 Å². The molecule has 0 aliphatic carbocycles. The van der Waals surface area contributed by atoms with Crippen molar-refractivity contribution in [1.82, 2.24) is 30.5 Å². The van der Waals surface area contributed by atoms with Gasteiger partial charge in [-0.05, 0) is 127 Å². The molecule has 5 N–H and O–H groups in total. The van der Waals surface area contributed by atoms with E-state index in [2.05, 4.69) is 85.6 Å². The summed E-state index contributed by atoms with van der Waals surface area (Å²) < 4.78 is 40.6. The number of hydrogen-bond donors (Lipinski definition) is 4. The number of thiophene rings is 1. The minimum Gasteiger partial charge on any atom is -0.383 e. The molecule has 0 saturated carbocycles. The van der Waals surface area contributed by atoms with E-state index >= 15 is 0 Å². The number of nitrogen functional groups attached to an aromatic ring is 1. The molecule has 7 aromatic rings. The van der Waals surface area contributed by atoms with E-state index in [0.717, 1.165) is 55.0 Å². The number of aliphatic imine (C=N–C) groups is 2. The predicted molar refractivity (Wildman–Crippen MR) is 288 cm³/mol. The average molecular weight is 1010 g/mol. The van der Waals surface area contributed by atoms with E-state index in [1.807, 2.05) is 71.0 Å². The van der Waals surface area contributed by atoms with Crippen molar-refractivity contribution >= 4 is 58.2 Å². The molecule has 0 radical (unpaired) electrons. The highest BCUT2D eigenvalue weighted by atomic mass is 32.1. The van der Waals surface area contributed by atoms with Gasteiger partial charge in [-0.2, -0.15) is 0 Å². The van der Waals surface area contributed by atoms with Crippen molar-refractivity contribution in [1.29, 1.82) is 0 Å². The van der Waals surface area contributed by atoms with Gasteiger partial charge in [0.05, 0.1) is 41.6 Å². The number of fused-ring (bicyclic) bond motifs is 2. The number of carbonyl (C=O) groups excluding carboxylic acids is 2. The van der Waals surface area contributed by atoms with Crippen molar-refractivity contribution in [2.75, 3.05) is 11.1 Å². The summed E-state index contributed by atoms with van der Waals surface area (Å²) in [7, 11) is 0. The summed E-state index contributed by atoms with van der Waals surface area (Å²) in [5.74, 6) is -0.951. The Hall–Kier alpha value is -7.98. The lowest BCUT2D eigenvalue weighted by Crippen LogP contribution is -2.49. The highest BCUT2D eigenvalue weighted by Crippen LogP contribution is 2.39. The van der Waals surface area contributed by atoms with Gasteiger partial charge >= 0.3 is 0 Å². The fourth-order valence-corrected chi connectivity index (χ4v) is 9.05.